The largest absolute Gasteiger partial charge is 0.277 e. The van der Waals surface area contributed by atoms with E-state index in [4.69, 9.17) is 0 Å². The van der Waals surface area contributed by atoms with Crippen molar-refractivity contribution in [1.29, 1.82) is 0 Å². The van der Waals surface area contributed by atoms with E-state index in [1.165, 1.54) is 25.9 Å². The number of benzene rings is 2. The van der Waals surface area contributed by atoms with Crippen molar-refractivity contribution in [3.63, 3.8) is 0 Å². The van der Waals surface area contributed by atoms with Crippen LogP contribution in [0.1, 0.15) is 41.4 Å². The van der Waals surface area contributed by atoms with Gasteiger partial charge in [0.1, 0.15) is 0 Å². The third-order valence-corrected chi connectivity index (χ3v) is 5.50. The molecule has 0 aliphatic carbocycles. The Kier molecular flexibility index (Phi) is 3.30. The molecule has 124 valence electrons. The first-order valence-corrected chi connectivity index (χ1v) is 8.32. The quantitative estimate of drug-likeness (QED) is 0.775. The number of amides is 4. The van der Waals surface area contributed by atoms with E-state index in [0.717, 1.165) is 9.80 Å². The summed E-state index contributed by atoms with van der Waals surface area (Å²) in [5.74, 6) is -1.41. The zero-order valence-corrected chi connectivity index (χ0v) is 14.2. The molecular formula is C18H12N2O4S. The van der Waals surface area contributed by atoms with E-state index in [-0.39, 0.29) is 23.6 Å². The van der Waals surface area contributed by atoms with Crippen LogP contribution in [0.3, 0.4) is 0 Å². The smallest absolute Gasteiger partial charge is 0.262 e. The van der Waals surface area contributed by atoms with Gasteiger partial charge < -0.3 is 0 Å². The summed E-state index contributed by atoms with van der Waals surface area (Å²) in [4.78, 5) is 52.3. The predicted molar refractivity (Wildman–Crippen MR) is 89.9 cm³/mol. The first-order chi connectivity index (χ1) is 11.9. The SMILES string of the molecule is CN1C(=O)c2cccc(Sc3cccc4c3C(=O)N(C)C4=O)c2C1=O. The van der Waals surface area contributed by atoms with E-state index in [9.17, 15) is 19.2 Å². The van der Waals surface area contributed by atoms with Gasteiger partial charge in [-0.05, 0) is 24.3 Å². The lowest BCUT2D eigenvalue weighted by molar-refractivity contribution is 0.0677. The number of carbonyl (C=O) groups excluding carboxylic acids is 4. The molecule has 6 nitrogen and oxygen atoms in total. The van der Waals surface area contributed by atoms with Crippen molar-refractivity contribution in [3.05, 3.63) is 58.7 Å². The van der Waals surface area contributed by atoms with Gasteiger partial charge in [0.15, 0.2) is 0 Å². The summed E-state index contributed by atoms with van der Waals surface area (Å²) in [6.45, 7) is 0. The number of hydrogen-bond donors (Lipinski definition) is 0. The molecule has 0 unspecified atom stereocenters. The number of carbonyl (C=O) groups is 4. The summed E-state index contributed by atoms with van der Waals surface area (Å²) in [5.41, 5.74) is 1.37. The minimum absolute atomic E-state index is 0.336. The van der Waals surface area contributed by atoms with Gasteiger partial charge in [-0.2, -0.15) is 0 Å². The molecule has 0 spiro atoms. The van der Waals surface area contributed by atoms with E-state index in [1.54, 1.807) is 36.4 Å². The topological polar surface area (TPSA) is 74.8 Å². The van der Waals surface area contributed by atoms with Gasteiger partial charge in [0.05, 0.1) is 22.3 Å². The minimum Gasteiger partial charge on any atom is -0.277 e. The second-order valence-corrected chi connectivity index (χ2v) is 6.88. The molecule has 4 rings (SSSR count). The highest BCUT2D eigenvalue weighted by Gasteiger charge is 2.37. The molecule has 0 saturated carbocycles. The molecule has 2 aromatic carbocycles. The second kappa shape index (κ2) is 5.29. The number of rotatable bonds is 2. The lowest BCUT2D eigenvalue weighted by Crippen LogP contribution is -2.24. The fourth-order valence-electron chi connectivity index (χ4n) is 3.03. The van der Waals surface area contributed by atoms with Gasteiger partial charge in [-0.1, -0.05) is 23.9 Å². The number of hydrogen-bond acceptors (Lipinski definition) is 5. The summed E-state index contributed by atoms with van der Waals surface area (Å²) in [6.07, 6.45) is 0. The summed E-state index contributed by atoms with van der Waals surface area (Å²) >= 11 is 1.21. The van der Waals surface area contributed by atoms with Crippen LogP contribution < -0.4 is 0 Å². The molecule has 7 heteroatoms. The van der Waals surface area contributed by atoms with E-state index in [0.29, 0.717) is 32.0 Å². The van der Waals surface area contributed by atoms with Crippen LogP contribution in [0.5, 0.6) is 0 Å². The average molecular weight is 352 g/mol. The van der Waals surface area contributed by atoms with Crippen molar-refractivity contribution < 1.29 is 19.2 Å². The lowest BCUT2D eigenvalue weighted by Gasteiger charge is -2.09. The third kappa shape index (κ3) is 2.05. The molecule has 25 heavy (non-hydrogen) atoms. The van der Waals surface area contributed by atoms with Crippen molar-refractivity contribution in [3.8, 4) is 0 Å². The maximum absolute atomic E-state index is 12.4. The monoisotopic (exact) mass is 352 g/mol. The molecule has 2 aliphatic heterocycles. The maximum atomic E-state index is 12.4. The molecule has 0 aromatic heterocycles. The number of nitrogens with zero attached hydrogens (tertiary/aromatic N) is 2. The first kappa shape index (κ1) is 15.6. The fourth-order valence-corrected chi connectivity index (χ4v) is 4.16. The van der Waals surface area contributed by atoms with Crippen LogP contribution in [0.4, 0.5) is 0 Å². The predicted octanol–water partition coefficient (Wildman–Crippen LogP) is 2.29. The van der Waals surface area contributed by atoms with Crippen LogP contribution in [0.25, 0.3) is 0 Å². The lowest BCUT2D eigenvalue weighted by atomic mass is 10.1. The molecule has 0 fully saturated rings. The van der Waals surface area contributed by atoms with E-state index in [1.807, 2.05) is 0 Å². The number of fused-ring (bicyclic) bond motifs is 2. The second-order valence-electron chi connectivity index (χ2n) is 5.80. The Morgan fingerprint density at radius 2 is 1.04 bits per heavy atom. The maximum Gasteiger partial charge on any atom is 0.262 e. The van der Waals surface area contributed by atoms with Gasteiger partial charge in [0, 0.05) is 23.9 Å². The molecule has 2 aromatic rings. The molecular weight excluding hydrogens is 340 g/mol. The van der Waals surface area contributed by atoms with E-state index < -0.39 is 0 Å². The van der Waals surface area contributed by atoms with Crippen molar-refractivity contribution >= 4 is 35.4 Å². The Morgan fingerprint density at radius 1 is 0.640 bits per heavy atom. The van der Waals surface area contributed by atoms with Crippen LogP contribution in [-0.2, 0) is 0 Å². The average Bonchev–Trinajstić information content (AvgIpc) is 2.97. The third-order valence-electron chi connectivity index (χ3n) is 4.38. The van der Waals surface area contributed by atoms with Gasteiger partial charge in [-0.25, -0.2) is 0 Å². The molecule has 0 saturated heterocycles. The summed E-state index contributed by atoms with van der Waals surface area (Å²) in [5, 5.41) is 0. The first-order valence-electron chi connectivity index (χ1n) is 7.50. The fraction of sp³-hybridized carbons (Fsp3) is 0.111. The van der Waals surface area contributed by atoms with Crippen molar-refractivity contribution in [2.24, 2.45) is 0 Å². The molecule has 0 atom stereocenters. The van der Waals surface area contributed by atoms with Crippen molar-refractivity contribution in [2.45, 2.75) is 9.79 Å². The van der Waals surface area contributed by atoms with Gasteiger partial charge >= 0.3 is 0 Å². The standard InChI is InChI=1S/C18H12N2O4S/c1-19-15(21)9-5-3-7-11(13(9)17(19)23)25-12-8-4-6-10-14(12)18(24)20(2)16(10)22/h3-8H,1-2H3. The van der Waals surface area contributed by atoms with Gasteiger partial charge in [-0.3, -0.25) is 29.0 Å². The van der Waals surface area contributed by atoms with Crippen LogP contribution >= 0.6 is 11.8 Å². The molecule has 0 N–H and O–H groups in total. The Balaban J connectivity index is 1.83. The van der Waals surface area contributed by atoms with Gasteiger partial charge in [0.2, 0.25) is 0 Å². The minimum atomic E-state index is -0.366. The van der Waals surface area contributed by atoms with Crippen LogP contribution in [0.2, 0.25) is 0 Å². The van der Waals surface area contributed by atoms with Gasteiger partial charge in [-0.15, -0.1) is 0 Å². The Hall–Kier alpha value is -2.93. The summed E-state index contributed by atoms with van der Waals surface area (Å²) in [6, 6.07) is 10.1. The highest BCUT2D eigenvalue weighted by atomic mass is 32.2. The van der Waals surface area contributed by atoms with Gasteiger partial charge in [0.25, 0.3) is 23.6 Å². The Labute approximate surface area is 147 Å². The summed E-state index contributed by atoms with van der Waals surface area (Å²) in [7, 11) is 2.88. The highest BCUT2D eigenvalue weighted by Crippen LogP contribution is 2.39. The van der Waals surface area contributed by atoms with Crippen LogP contribution in [0, 0.1) is 0 Å². The molecule has 0 bridgehead atoms. The molecule has 2 aliphatic rings. The molecule has 0 radical (unpaired) electrons. The molecule has 2 heterocycles. The molecule has 4 amide bonds. The van der Waals surface area contributed by atoms with E-state index >= 15 is 0 Å². The Morgan fingerprint density at radius 3 is 1.44 bits per heavy atom. The highest BCUT2D eigenvalue weighted by molar-refractivity contribution is 7.99. The number of imide groups is 2. The van der Waals surface area contributed by atoms with Crippen LogP contribution in [0.15, 0.2) is 46.2 Å². The summed E-state index contributed by atoms with van der Waals surface area (Å²) < 4.78 is 0. The van der Waals surface area contributed by atoms with E-state index in [2.05, 4.69) is 0 Å². The zero-order valence-electron chi connectivity index (χ0n) is 13.4. The van der Waals surface area contributed by atoms with Crippen LogP contribution in [-0.4, -0.2) is 47.5 Å². The van der Waals surface area contributed by atoms with Crippen molar-refractivity contribution in [2.75, 3.05) is 14.1 Å². The Bertz CT molecular complexity index is 919. The zero-order chi connectivity index (χ0) is 17.9. The normalized spacial score (nSPS) is 15.9. The van der Waals surface area contributed by atoms with Crippen molar-refractivity contribution in [1.82, 2.24) is 9.80 Å².